The molecule has 2 N–H and O–H groups in total. The highest BCUT2D eigenvalue weighted by Gasteiger charge is 2.24. The molecule has 4 nitrogen and oxygen atoms in total. The van der Waals surface area contributed by atoms with Gasteiger partial charge in [0.15, 0.2) is 0 Å². The van der Waals surface area contributed by atoms with E-state index in [1.165, 1.54) is 6.08 Å². The average Bonchev–Trinajstić information content (AvgIpc) is 2.45. The highest BCUT2D eigenvalue weighted by molar-refractivity contribution is 6.30. The van der Waals surface area contributed by atoms with Gasteiger partial charge in [-0.05, 0) is 36.6 Å². The molecule has 1 aliphatic heterocycles. The number of nitrogens with two attached hydrogens (primary N) is 1. The Morgan fingerprint density at radius 1 is 1.30 bits per heavy atom. The van der Waals surface area contributed by atoms with Crippen LogP contribution in [0.2, 0.25) is 5.02 Å². The molecule has 1 heterocycles. The van der Waals surface area contributed by atoms with Gasteiger partial charge >= 0.3 is 0 Å². The Labute approximate surface area is 123 Å². The van der Waals surface area contributed by atoms with E-state index in [0.717, 1.165) is 5.56 Å². The second kappa shape index (κ2) is 6.57. The zero-order chi connectivity index (χ0) is 14.5. The smallest absolute Gasteiger partial charge is 0.246 e. The predicted molar refractivity (Wildman–Crippen MR) is 79.0 cm³/mol. The standard InChI is InChI=1S/C15H17ClN2O2/c16-13-3-1-2-11(10-13)4-5-14(19)18-8-6-12(7-9-18)15(17)20/h1-5,10,12H,6-9H2,(H2,17,20). The van der Waals surface area contributed by atoms with Gasteiger partial charge < -0.3 is 10.6 Å². The molecule has 1 aromatic rings. The highest BCUT2D eigenvalue weighted by Crippen LogP contribution is 2.17. The summed E-state index contributed by atoms with van der Waals surface area (Å²) in [7, 11) is 0. The number of halogens is 1. The van der Waals surface area contributed by atoms with Crippen LogP contribution in [-0.4, -0.2) is 29.8 Å². The number of amides is 2. The number of rotatable bonds is 3. The van der Waals surface area contributed by atoms with Crippen molar-refractivity contribution in [1.29, 1.82) is 0 Å². The van der Waals surface area contributed by atoms with Crippen LogP contribution in [0.25, 0.3) is 6.08 Å². The fraction of sp³-hybridized carbons (Fsp3) is 0.333. The second-order valence-corrected chi connectivity index (χ2v) is 5.33. The van der Waals surface area contributed by atoms with E-state index in [1.807, 2.05) is 12.1 Å². The third kappa shape index (κ3) is 3.84. The molecule has 106 valence electrons. The fourth-order valence-corrected chi connectivity index (χ4v) is 2.47. The predicted octanol–water partition coefficient (Wildman–Crippen LogP) is 2.08. The normalized spacial score (nSPS) is 16.6. The zero-order valence-electron chi connectivity index (χ0n) is 11.1. The van der Waals surface area contributed by atoms with Crippen molar-refractivity contribution in [3.05, 3.63) is 40.9 Å². The summed E-state index contributed by atoms with van der Waals surface area (Å²) < 4.78 is 0. The topological polar surface area (TPSA) is 63.4 Å². The minimum absolute atomic E-state index is 0.0482. The molecule has 0 bridgehead atoms. The molecule has 20 heavy (non-hydrogen) atoms. The number of hydrogen-bond acceptors (Lipinski definition) is 2. The molecule has 2 rings (SSSR count). The first-order valence-corrected chi connectivity index (χ1v) is 6.96. The minimum Gasteiger partial charge on any atom is -0.369 e. The summed E-state index contributed by atoms with van der Waals surface area (Å²) in [5.74, 6) is -0.421. The molecule has 1 aromatic carbocycles. The zero-order valence-corrected chi connectivity index (χ0v) is 11.8. The maximum absolute atomic E-state index is 12.0. The summed E-state index contributed by atoms with van der Waals surface area (Å²) in [4.78, 5) is 24.8. The summed E-state index contributed by atoms with van der Waals surface area (Å²) in [6.45, 7) is 1.15. The van der Waals surface area contributed by atoms with Crippen molar-refractivity contribution >= 4 is 29.5 Å². The average molecular weight is 293 g/mol. The molecule has 2 amide bonds. The molecule has 0 unspecified atom stereocenters. The number of carbonyl (C=O) groups is 2. The molecule has 1 saturated heterocycles. The van der Waals surface area contributed by atoms with Gasteiger partial charge in [0, 0.05) is 30.1 Å². The largest absolute Gasteiger partial charge is 0.369 e. The highest BCUT2D eigenvalue weighted by atomic mass is 35.5. The van der Waals surface area contributed by atoms with Gasteiger partial charge in [0.25, 0.3) is 0 Å². The van der Waals surface area contributed by atoms with E-state index in [2.05, 4.69) is 0 Å². The second-order valence-electron chi connectivity index (χ2n) is 4.89. The van der Waals surface area contributed by atoms with E-state index >= 15 is 0 Å². The van der Waals surface area contributed by atoms with Crippen LogP contribution >= 0.6 is 11.6 Å². The monoisotopic (exact) mass is 292 g/mol. The molecule has 0 saturated carbocycles. The Morgan fingerprint density at radius 2 is 2.00 bits per heavy atom. The van der Waals surface area contributed by atoms with E-state index in [9.17, 15) is 9.59 Å². The number of likely N-dealkylation sites (tertiary alicyclic amines) is 1. The number of hydrogen-bond donors (Lipinski definition) is 1. The Hall–Kier alpha value is -1.81. The molecule has 0 spiro atoms. The van der Waals surface area contributed by atoms with Crippen LogP contribution < -0.4 is 5.73 Å². The number of primary amides is 1. The molecule has 1 fully saturated rings. The molecule has 0 aromatic heterocycles. The summed E-state index contributed by atoms with van der Waals surface area (Å²) in [6, 6.07) is 7.31. The van der Waals surface area contributed by atoms with E-state index in [-0.39, 0.29) is 17.7 Å². The van der Waals surface area contributed by atoms with Crippen molar-refractivity contribution in [1.82, 2.24) is 4.90 Å². The first kappa shape index (κ1) is 14.6. The van der Waals surface area contributed by atoms with Crippen molar-refractivity contribution in [3.63, 3.8) is 0 Å². The van der Waals surface area contributed by atoms with Gasteiger partial charge in [-0.1, -0.05) is 23.7 Å². The van der Waals surface area contributed by atoms with Gasteiger partial charge in [0.2, 0.25) is 11.8 Å². The van der Waals surface area contributed by atoms with E-state index in [0.29, 0.717) is 31.0 Å². The lowest BCUT2D eigenvalue weighted by molar-refractivity contribution is -0.130. The maximum Gasteiger partial charge on any atom is 0.246 e. The van der Waals surface area contributed by atoms with Crippen molar-refractivity contribution < 1.29 is 9.59 Å². The van der Waals surface area contributed by atoms with Gasteiger partial charge in [-0.15, -0.1) is 0 Å². The van der Waals surface area contributed by atoms with Crippen molar-refractivity contribution in [2.24, 2.45) is 11.7 Å². The van der Waals surface area contributed by atoms with E-state index in [1.54, 1.807) is 23.1 Å². The summed E-state index contributed by atoms with van der Waals surface area (Å²) in [5.41, 5.74) is 6.16. The molecular formula is C15H17ClN2O2. The van der Waals surface area contributed by atoms with Crippen molar-refractivity contribution in [3.8, 4) is 0 Å². The van der Waals surface area contributed by atoms with Crippen LogP contribution in [0.4, 0.5) is 0 Å². The third-order valence-electron chi connectivity index (χ3n) is 3.48. The van der Waals surface area contributed by atoms with E-state index < -0.39 is 0 Å². The lowest BCUT2D eigenvalue weighted by atomic mass is 9.96. The van der Waals surface area contributed by atoms with Crippen molar-refractivity contribution in [2.75, 3.05) is 13.1 Å². The first-order valence-electron chi connectivity index (χ1n) is 6.58. The molecule has 0 atom stereocenters. The Morgan fingerprint density at radius 3 is 2.60 bits per heavy atom. The van der Waals surface area contributed by atoms with Crippen LogP contribution in [-0.2, 0) is 9.59 Å². The van der Waals surface area contributed by atoms with Crippen LogP contribution in [0.3, 0.4) is 0 Å². The molecular weight excluding hydrogens is 276 g/mol. The maximum atomic E-state index is 12.0. The SMILES string of the molecule is NC(=O)C1CCN(C(=O)C=Cc2cccc(Cl)c2)CC1. The van der Waals surface area contributed by atoms with Crippen LogP contribution in [0.1, 0.15) is 18.4 Å². The number of piperidine rings is 1. The van der Waals surface area contributed by atoms with Gasteiger partial charge in [-0.2, -0.15) is 0 Å². The quantitative estimate of drug-likeness (QED) is 0.867. The Kier molecular flexibility index (Phi) is 4.79. The Bertz CT molecular complexity index is 534. The Balaban J connectivity index is 1.91. The molecule has 0 radical (unpaired) electrons. The number of benzene rings is 1. The van der Waals surface area contributed by atoms with Crippen LogP contribution in [0.15, 0.2) is 30.3 Å². The summed E-state index contributed by atoms with van der Waals surface area (Å²) >= 11 is 5.88. The first-order chi connectivity index (χ1) is 9.56. The molecule has 0 aliphatic carbocycles. The number of nitrogens with zero attached hydrogens (tertiary/aromatic N) is 1. The van der Waals surface area contributed by atoms with Crippen LogP contribution in [0, 0.1) is 5.92 Å². The van der Waals surface area contributed by atoms with Gasteiger partial charge in [-0.3, -0.25) is 9.59 Å². The lowest BCUT2D eigenvalue weighted by Gasteiger charge is -2.29. The van der Waals surface area contributed by atoms with Gasteiger partial charge in [0.1, 0.15) is 0 Å². The lowest BCUT2D eigenvalue weighted by Crippen LogP contribution is -2.41. The fourth-order valence-electron chi connectivity index (χ4n) is 2.27. The van der Waals surface area contributed by atoms with Gasteiger partial charge in [0.05, 0.1) is 0 Å². The summed E-state index contributed by atoms with van der Waals surface area (Å²) in [6.07, 6.45) is 4.57. The van der Waals surface area contributed by atoms with Crippen LogP contribution in [0.5, 0.6) is 0 Å². The molecule has 1 aliphatic rings. The number of carbonyl (C=O) groups excluding carboxylic acids is 2. The minimum atomic E-state index is -0.272. The summed E-state index contributed by atoms with van der Waals surface area (Å²) in [5, 5.41) is 0.641. The molecule has 5 heteroatoms. The van der Waals surface area contributed by atoms with Gasteiger partial charge in [-0.25, -0.2) is 0 Å². The third-order valence-corrected chi connectivity index (χ3v) is 3.71. The van der Waals surface area contributed by atoms with Crippen molar-refractivity contribution in [2.45, 2.75) is 12.8 Å². The van der Waals surface area contributed by atoms with E-state index in [4.69, 9.17) is 17.3 Å².